The molecule has 1 aliphatic rings. The van der Waals surface area contributed by atoms with Crippen molar-refractivity contribution in [3.8, 4) is 0 Å². The van der Waals surface area contributed by atoms with Crippen LogP contribution in [0.5, 0.6) is 0 Å². The average molecular weight is 222 g/mol. The molecule has 0 fully saturated rings. The van der Waals surface area contributed by atoms with E-state index in [2.05, 4.69) is 11.8 Å². The van der Waals surface area contributed by atoms with Gasteiger partial charge >= 0.3 is 0 Å². The fraction of sp³-hybridized carbons (Fsp3) is 0.538. The Morgan fingerprint density at radius 3 is 2.94 bits per heavy atom. The Hall–Kier alpha value is -1.09. The molecule has 0 saturated heterocycles. The Bertz CT molecular complexity index is 376. The molecular weight excluding hydrogens is 203 g/mol. The molecule has 0 bridgehead atoms. The first-order chi connectivity index (χ1) is 7.63. The number of hydrogen-bond acceptors (Lipinski definition) is 2. The molecule has 2 unspecified atom stereocenters. The van der Waals surface area contributed by atoms with Gasteiger partial charge in [-0.2, -0.15) is 0 Å². The lowest BCUT2D eigenvalue weighted by molar-refractivity contribution is 0.523. The summed E-state index contributed by atoms with van der Waals surface area (Å²) in [5, 5.41) is 0. The van der Waals surface area contributed by atoms with E-state index in [9.17, 15) is 4.39 Å². The van der Waals surface area contributed by atoms with E-state index in [1.807, 2.05) is 13.0 Å². The highest BCUT2D eigenvalue weighted by molar-refractivity contribution is 5.59. The van der Waals surface area contributed by atoms with Crippen molar-refractivity contribution in [3.63, 3.8) is 0 Å². The molecule has 0 aliphatic carbocycles. The van der Waals surface area contributed by atoms with Crippen molar-refractivity contribution in [1.29, 1.82) is 0 Å². The van der Waals surface area contributed by atoms with Gasteiger partial charge in [-0.15, -0.1) is 0 Å². The van der Waals surface area contributed by atoms with Gasteiger partial charge in [0.2, 0.25) is 0 Å². The number of halogens is 1. The van der Waals surface area contributed by atoms with Crippen LogP contribution in [0.4, 0.5) is 10.1 Å². The molecule has 1 aliphatic heterocycles. The topological polar surface area (TPSA) is 29.3 Å². The van der Waals surface area contributed by atoms with E-state index in [0.717, 1.165) is 30.6 Å². The average Bonchev–Trinajstić information content (AvgIpc) is 2.56. The van der Waals surface area contributed by atoms with Crippen LogP contribution in [-0.2, 0) is 6.42 Å². The molecular formula is C13H19FN2. The molecule has 0 saturated carbocycles. The number of rotatable bonds is 3. The summed E-state index contributed by atoms with van der Waals surface area (Å²) in [5.41, 5.74) is 7.75. The lowest BCUT2D eigenvalue weighted by Gasteiger charge is -2.27. The highest BCUT2D eigenvalue weighted by Crippen LogP contribution is 2.34. The standard InChI is InChI=1S/C13H19FN2/c1-3-16-10(7-9(2)15)8-11-12(14)5-4-6-13(11)16/h4-6,9-10H,3,7-8,15H2,1-2H3. The van der Waals surface area contributed by atoms with E-state index < -0.39 is 0 Å². The number of nitrogens with two attached hydrogens (primary N) is 1. The van der Waals surface area contributed by atoms with E-state index in [1.165, 1.54) is 0 Å². The molecule has 2 atom stereocenters. The van der Waals surface area contributed by atoms with Crippen LogP contribution in [0.1, 0.15) is 25.8 Å². The predicted octanol–water partition coefficient (Wildman–Crippen LogP) is 2.31. The van der Waals surface area contributed by atoms with Crippen molar-refractivity contribution in [3.05, 3.63) is 29.6 Å². The van der Waals surface area contributed by atoms with Crippen LogP contribution in [0.15, 0.2) is 18.2 Å². The monoisotopic (exact) mass is 222 g/mol. The van der Waals surface area contributed by atoms with Crippen LogP contribution in [0.25, 0.3) is 0 Å². The first kappa shape index (κ1) is 11.4. The minimum absolute atomic E-state index is 0.0804. The third-order valence-corrected chi connectivity index (χ3v) is 3.27. The quantitative estimate of drug-likeness (QED) is 0.850. The predicted molar refractivity (Wildman–Crippen MR) is 65.2 cm³/mol. The zero-order chi connectivity index (χ0) is 11.7. The van der Waals surface area contributed by atoms with Crippen LogP contribution in [0.3, 0.4) is 0 Å². The lowest BCUT2D eigenvalue weighted by atomic mass is 10.0. The van der Waals surface area contributed by atoms with E-state index in [-0.39, 0.29) is 11.9 Å². The number of anilines is 1. The van der Waals surface area contributed by atoms with Gasteiger partial charge in [0.25, 0.3) is 0 Å². The van der Waals surface area contributed by atoms with Gasteiger partial charge in [0.05, 0.1) is 0 Å². The summed E-state index contributed by atoms with van der Waals surface area (Å²) in [6.45, 7) is 5.02. The van der Waals surface area contributed by atoms with Crippen molar-refractivity contribution >= 4 is 5.69 Å². The number of likely N-dealkylation sites (N-methyl/N-ethyl adjacent to an activating group) is 1. The molecule has 1 heterocycles. The largest absolute Gasteiger partial charge is 0.368 e. The van der Waals surface area contributed by atoms with Crippen molar-refractivity contribution in [2.45, 2.75) is 38.8 Å². The van der Waals surface area contributed by atoms with Crippen molar-refractivity contribution in [2.75, 3.05) is 11.4 Å². The van der Waals surface area contributed by atoms with E-state index in [1.54, 1.807) is 12.1 Å². The molecule has 88 valence electrons. The Kier molecular flexibility index (Phi) is 3.15. The second kappa shape index (κ2) is 4.42. The summed E-state index contributed by atoms with van der Waals surface area (Å²) in [5.74, 6) is -0.0804. The van der Waals surface area contributed by atoms with Crippen molar-refractivity contribution in [2.24, 2.45) is 5.73 Å². The van der Waals surface area contributed by atoms with E-state index >= 15 is 0 Å². The molecule has 3 heteroatoms. The van der Waals surface area contributed by atoms with E-state index in [0.29, 0.717) is 6.04 Å². The summed E-state index contributed by atoms with van der Waals surface area (Å²) in [6, 6.07) is 5.85. The third-order valence-electron chi connectivity index (χ3n) is 3.27. The van der Waals surface area contributed by atoms with Crippen LogP contribution in [-0.4, -0.2) is 18.6 Å². The van der Waals surface area contributed by atoms with Crippen LogP contribution in [0, 0.1) is 5.82 Å². The van der Waals surface area contributed by atoms with Crippen molar-refractivity contribution in [1.82, 2.24) is 0 Å². The van der Waals surface area contributed by atoms with Gasteiger partial charge in [0.1, 0.15) is 5.82 Å². The van der Waals surface area contributed by atoms with Gasteiger partial charge in [-0.05, 0) is 38.8 Å². The van der Waals surface area contributed by atoms with Crippen LogP contribution < -0.4 is 10.6 Å². The molecule has 0 amide bonds. The SMILES string of the molecule is CCN1c2cccc(F)c2CC1CC(C)N. The van der Waals surface area contributed by atoms with Gasteiger partial charge in [-0.25, -0.2) is 4.39 Å². The van der Waals surface area contributed by atoms with Crippen LogP contribution in [0.2, 0.25) is 0 Å². The Balaban J connectivity index is 2.28. The number of benzene rings is 1. The summed E-state index contributed by atoms with van der Waals surface area (Å²) < 4.78 is 13.7. The van der Waals surface area contributed by atoms with Crippen molar-refractivity contribution < 1.29 is 4.39 Å². The number of hydrogen-bond donors (Lipinski definition) is 1. The maximum Gasteiger partial charge on any atom is 0.128 e. The molecule has 0 spiro atoms. The zero-order valence-electron chi connectivity index (χ0n) is 9.91. The van der Waals surface area contributed by atoms with Gasteiger partial charge in [-0.1, -0.05) is 6.07 Å². The van der Waals surface area contributed by atoms with E-state index in [4.69, 9.17) is 5.73 Å². The Morgan fingerprint density at radius 2 is 2.31 bits per heavy atom. The maximum absolute atomic E-state index is 13.7. The third kappa shape index (κ3) is 1.92. The molecule has 2 nitrogen and oxygen atoms in total. The number of nitrogens with zero attached hydrogens (tertiary/aromatic N) is 1. The smallest absolute Gasteiger partial charge is 0.128 e. The first-order valence-electron chi connectivity index (χ1n) is 5.93. The van der Waals surface area contributed by atoms with Gasteiger partial charge < -0.3 is 10.6 Å². The van der Waals surface area contributed by atoms with Gasteiger partial charge in [0, 0.05) is 29.9 Å². The lowest BCUT2D eigenvalue weighted by Crippen LogP contribution is -2.36. The Labute approximate surface area is 96.2 Å². The normalized spacial score (nSPS) is 21.0. The van der Waals surface area contributed by atoms with Crippen LogP contribution >= 0.6 is 0 Å². The second-order valence-corrected chi connectivity index (χ2v) is 4.59. The van der Waals surface area contributed by atoms with Gasteiger partial charge in [-0.3, -0.25) is 0 Å². The molecule has 0 radical (unpaired) electrons. The second-order valence-electron chi connectivity index (χ2n) is 4.59. The molecule has 1 aromatic rings. The maximum atomic E-state index is 13.7. The molecule has 0 aromatic heterocycles. The fourth-order valence-corrected chi connectivity index (χ4v) is 2.63. The first-order valence-corrected chi connectivity index (χ1v) is 5.93. The fourth-order valence-electron chi connectivity index (χ4n) is 2.63. The summed E-state index contributed by atoms with van der Waals surface area (Å²) in [7, 11) is 0. The number of fused-ring (bicyclic) bond motifs is 1. The molecule has 16 heavy (non-hydrogen) atoms. The minimum atomic E-state index is -0.0804. The summed E-state index contributed by atoms with van der Waals surface area (Å²) >= 11 is 0. The highest BCUT2D eigenvalue weighted by Gasteiger charge is 2.30. The summed E-state index contributed by atoms with van der Waals surface area (Å²) in [6.07, 6.45) is 1.71. The minimum Gasteiger partial charge on any atom is -0.368 e. The molecule has 2 N–H and O–H groups in total. The summed E-state index contributed by atoms with van der Waals surface area (Å²) in [4.78, 5) is 2.27. The zero-order valence-corrected chi connectivity index (χ0v) is 9.91. The highest BCUT2D eigenvalue weighted by atomic mass is 19.1. The Morgan fingerprint density at radius 1 is 1.56 bits per heavy atom. The molecule has 1 aromatic carbocycles. The van der Waals surface area contributed by atoms with Gasteiger partial charge in [0.15, 0.2) is 0 Å². The molecule has 2 rings (SSSR count).